The average Bonchev–Trinajstić information content (AvgIpc) is 2.72. The second kappa shape index (κ2) is 5.90. The van der Waals surface area contributed by atoms with Gasteiger partial charge in [0.05, 0.1) is 21.3 Å². The maximum absolute atomic E-state index is 12.1. The smallest absolute Gasteiger partial charge is 0.259 e. The summed E-state index contributed by atoms with van der Waals surface area (Å²) in [6.45, 7) is 4.01. The van der Waals surface area contributed by atoms with Crippen molar-refractivity contribution in [3.8, 4) is 0 Å². The number of benzene rings is 1. The van der Waals surface area contributed by atoms with E-state index < -0.39 is 0 Å². The van der Waals surface area contributed by atoms with Gasteiger partial charge in [-0.2, -0.15) is 0 Å². The molecule has 6 heteroatoms. The van der Waals surface area contributed by atoms with Crippen LogP contribution in [0.3, 0.4) is 0 Å². The Balaban J connectivity index is 2.23. The number of halogens is 2. The van der Waals surface area contributed by atoms with Crippen molar-refractivity contribution in [2.45, 2.75) is 20.3 Å². The third kappa shape index (κ3) is 3.08. The van der Waals surface area contributed by atoms with E-state index in [1.807, 2.05) is 13.8 Å². The van der Waals surface area contributed by atoms with Crippen molar-refractivity contribution in [3.05, 3.63) is 44.4 Å². The Hall–Kier alpha value is -1.10. The lowest BCUT2D eigenvalue weighted by molar-refractivity contribution is 0.102. The molecule has 0 fully saturated rings. The minimum Gasteiger partial charge on any atom is -0.298 e. The first-order valence-corrected chi connectivity index (χ1v) is 7.31. The Morgan fingerprint density at radius 1 is 1.42 bits per heavy atom. The fourth-order valence-corrected chi connectivity index (χ4v) is 2.94. The van der Waals surface area contributed by atoms with Crippen molar-refractivity contribution < 1.29 is 4.79 Å². The Morgan fingerprint density at radius 3 is 2.79 bits per heavy atom. The van der Waals surface area contributed by atoms with E-state index in [1.165, 1.54) is 11.3 Å². The summed E-state index contributed by atoms with van der Waals surface area (Å²) < 4.78 is 0. The van der Waals surface area contributed by atoms with Crippen LogP contribution in [0.2, 0.25) is 10.0 Å². The van der Waals surface area contributed by atoms with Crippen LogP contribution in [0.5, 0.6) is 0 Å². The fourth-order valence-electron chi connectivity index (χ4n) is 1.65. The van der Waals surface area contributed by atoms with Crippen LogP contribution in [-0.4, -0.2) is 10.9 Å². The molecule has 1 heterocycles. The van der Waals surface area contributed by atoms with Crippen molar-refractivity contribution >= 4 is 45.6 Å². The standard InChI is InChI=1S/C13H12Cl2N2OS/c1-3-10-7(2)19-13(16-10)17-12(18)8-5-4-6-9(14)11(8)15/h4-6H,3H2,1-2H3,(H,16,17,18). The van der Waals surface area contributed by atoms with Crippen molar-refractivity contribution in [3.63, 3.8) is 0 Å². The fraction of sp³-hybridized carbons (Fsp3) is 0.231. The molecule has 2 rings (SSSR count). The van der Waals surface area contributed by atoms with E-state index in [-0.39, 0.29) is 10.9 Å². The summed E-state index contributed by atoms with van der Waals surface area (Å²) in [5, 5.41) is 3.94. The number of hydrogen-bond donors (Lipinski definition) is 1. The zero-order valence-corrected chi connectivity index (χ0v) is 12.8. The highest BCUT2D eigenvalue weighted by molar-refractivity contribution is 7.15. The lowest BCUT2D eigenvalue weighted by Gasteiger charge is -2.04. The highest BCUT2D eigenvalue weighted by atomic mass is 35.5. The van der Waals surface area contributed by atoms with Gasteiger partial charge in [-0.1, -0.05) is 36.2 Å². The van der Waals surface area contributed by atoms with Gasteiger partial charge in [-0.25, -0.2) is 4.98 Å². The van der Waals surface area contributed by atoms with E-state index in [0.717, 1.165) is 17.0 Å². The van der Waals surface area contributed by atoms with Crippen molar-refractivity contribution in [1.29, 1.82) is 0 Å². The van der Waals surface area contributed by atoms with Crippen LogP contribution in [0.25, 0.3) is 0 Å². The molecule has 0 atom stereocenters. The van der Waals surface area contributed by atoms with Gasteiger partial charge in [0, 0.05) is 4.88 Å². The molecule has 19 heavy (non-hydrogen) atoms. The zero-order chi connectivity index (χ0) is 14.0. The highest BCUT2D eigenvalue weighted by Crippen LogP contribution is 2.27. The van der Waals surface area contributed by atoms with Crippen molar-refractivity contribution in [2.24, 2.45) is 0 Å². The topological polar surface area (TPSA) is 42.0 Å². The van der Waals surface area contributed by atoms with Gasteiger partial charge in [-0.15, -0.1) is 11.3 Å². The first-order chi connectivity index (χ1) is 9.02. The third-order valence-electron chi connectivity index (χ3n) is 2.64. The van der Waals surface area contributed by atoms with Gasteiger partial charge in [0.15, 0.2) is 5.13 Å². The molecule has 0 bridgehead atoms. The van der Waals surface area contributed by atoms with Gasteiger partial charge in [-0.3, -0.25) is 10.1 Å². The Morgan fingerprint density at radius 2 is 2.16 bits per heavy atom. The van der Waals surface area contributed by atoms with Gasteiger partial charge in [-0.05, 0) is 25.5 Å². The van der Waals surface area contributed by atoms with Gasteiger partial charge in [0.2, 0.25) is 0 Å². The molecule has 1 aromatic heterocycles. The molecule has 1 amide bonds. The number of carbonyl (C=O) groups excluding carboxylic acids is 1. The number of nitrogens with one attached hydrogen (secondary N) is 1. The summed E-state index contributed by atoms with van der Waals surface area (Å²) in [5.74, 6) is -0.302. The second-order valence-corrected chi connectivity index (χ2v) is 5.92. The molecular weight excluding hydrogens is 303 g/mol. The molecule has 100 valence electrons. The second-order valence-electron chi connectivity index (χ2n) is 3.93. The summed E-state index contributed by atoms with van der Waals surface area (Å²) in [7, 11) is 0. The number of hydrogen-bond acceptors (Lipinski definition) is 3. The molecule has 0 spiro atoms. The van der Waals surface area contributed by atoms with Crippen LogP contribution < -0.4 is 5.32 Å². The first kappa shape index (κ1) is 14.3. The van der Waals surface area contributed by atoms with Crippen LogP contribution in [0.15, 0.2) is 18.2 Å². The quantitative estimate of drug-likeness (QED) is 0.901. The lowest BCUT2D eigenvalue weighted by atomic mass is 10.2. The number of carbonyl (C=O) groups is 1. The predicted molar refractivity (Wildman–Crippen MR) is 80.6 cm³/mol. The van der Waals surface area contributed by atoms with Gasteiger partial charge in [0.25, 0.3) is 5.91 Å². The highest BCUT2D eigenvalue weighted by Gasteiger charge is 2.15. The number of amides is 1. The minimum absolute atomic E-state index is 0.255. The maximum Gasteiger partial charge on any atom is 0.259 e. The van der Waals surface area contributed by atoms with E-state index >= 15 is 0 Å². The Kier molecular flexibility index (Phi) is 4.45. The maximum atomic E-state index is 12.1. The van der Waals surface area contributed by atoms with E-state index in [1.54, 1.807) is 18.2 Å². The van der Waals surface area contributed by atoms with Crippen molar-refractivity contribution in [1.82, 2.24) is 4.98 Å². The van der Waals surface area contributed by atoms with E-state index in [0.29, 0.717) is 15.7 Å². The predicted octanol–water partition coefficient (Wildman–Crippen LogP) is 4.57. The molecule has 2 aromatic rings. The Bertz CT molecular complexity index is 625. The molecule has 1 N–H and O–H groups in total. The summed E-state index contributed by atoms with van der Waals surface area (Å²) in [5.41, 5.74) is 1.34. The van der Waals surface area contributed by atoms with Gasteiger partial charge in [0.1, 0.15) is 0 Å². The molecule has 0 aliphatic heterocycles. The summed E-state index contributed by atoms with van der Waals surface area (Å²) in [6, 6.07) is 4.96. The van der Waals surface area contributed by atoms with Crippen molar-refractivity contribution in [2.75, 3.05) is 5.32 Å². The van der Waals surface area contributed by atoms with Crippen LogP contribution in [-0.2, 0) is 6.42 Å². The molecule has 0 saturated carbocycles. The lowest BCUT2D eigenvalue weighted by Crippen LogP contribution is -2.12. The van der Waals surface area contributed by atoms with Gasteiger partial charge >= 0.3 is 0 Å². The molecular formula is C13H12Cl2N2OS. The van der Waals surface area contributed by atoms with E-state index in [9.17, 15) is 4.79 Å². The largest absolute Gasteiger partial charge is 0.298 e. The molecule has 0 radical (unpaired) electrons. The summed E-state index contributed by atoms with van der Waals surface area (Å²) in [4.78, 5) is 17.6. The first-order valence-electron chi connectivity index (χ1n) is 5.74. The molecule has 0 saturated heterocycles. The van der Waals surface area contributed by atoms with Crippen LogP contribution in [0.4, 0.5) is 5.13 Å². The number of aryl methyl sites for hydroxylation is 2. The molecule has 0 aliphatic rings. The number of anilines is 1. The van der Waals surface area contributed by atoms with Crippen LogP contribution >= 0.6 is 34.5 Å². The number of thiazole rings is 1. The summed E-state index contributed by atoms with van der Waals surface area (Å²) in [6.07, 6.45) is 0.843. The van der Waals surface area contributed by atoms with E-state index in [4.69, 9.17) is 23.2 Å². The Labute approximate surface area is 125 Å². The molecule has 1 aromatic carbocycles. The van der Waals surface area contributed by atoms with E-state index in [2.05, 4.69) is 10.3 Å². The van der Waals surface area contributed by atoms with Crippen LogP contribution in [0.1, 0.15) is 27.9 Å². The summed E-state index contributed by atoms with van der Waals surface area (Å²) >= 11 is 13.3. The third-order valence-corrected chi connectivity index (χ3v) is 4.39. The molecule has 0 unspecified atom stereocenters. The van der Waals surface area contributed by atoms with Gasteiger partial charge < -0.3 is 0 Å². The number of aromatic nitrogens is 1. The van der Waals surface area contributed by atoms with Crippen LogP contribution in [0, 0.1) is 6.92 Å². The molecule has 3 nitrogen and oxygen atoms in total. The normalized spacial score (nSPS) is 10.5. The zero-order valence-electron chi connectivity index (χ0n) is 10.5. The minimum atomic E-state index is -0.302. The SMILES string of the molecule is CCc1nc(NC(=O)c2cccc(Cl)c2Cl)sc1C. The average molecular weight is 315 g/mol. The number of nitrogens with zero attached hydrogens (tertiary/aromatic N) is 1. The molecule has 0 aliphatic carbocycles. The monoisotopic (exact) mass is 314 g/mol. The number of rotatable bonds is 3.